The first-order valence-corrected chi connectivity index (χ1v) is 16.3. The van der Waals surface area contributed by atoms with E-state index in [0.29, 0.717) is 6.42 Å². The van der Waals surface area contributed by atoms with Crippen LogP contribution in [0.15, 0.2) is 0 Å². The molecule has 1 unspecified atom stereocenters. The Morgan fingerprint density at radius 3 is 1.22 bits per heavy atom. The van der Waals surface area contributed by atoms with E-state index in [1.165, 1.54) is 141 Å². The van der Waals surface area contributed by atoms with E-state index in [-0.39, 0.29) is 18.5 Å². The largest absolute Gasteiger partial charge is 0.462 e. The van der Waals surface area contributed by atoms with E-state index >= 15 is 0 Å². The number of ether oxygens (including phenoxy) is 1. The van der Waals surface area contributed by atoms with Crippen molar-refractivity contribution in [2.75, 3.05) is 0 Å². The lowest BCUT2D eigenvalue weighted by Crippen LogP contribution is -2.18. The number of esters is 1. The van der Waals surface area contributed by atoms with Gasteiger partial charge >= 0.3 is 5.97 Å². The van der Waals surface area contributed by atoms with Gasteiger partial charge in [0.15, 0.2) is 0 Å². The zero-order valence-electron chi connectivity index (χ0n) is 24.6. The molecule has 0 heterocycles. The summed E-state index contributed by atoms with van der Waals surface area (Å²) in [6.07, 6.45) is 35.9. The Bertz CT molecular complexity index is 448. The molecule has 0 saturated heterocycles. The van der Waals surface area contributed by atoms with Crippen LogP contribution in [-0.4, -0.2) is 18.4 Å². The lowest BCUT2D eigenvalue weighted by Gasteiger charge is -2.15. The van der Waals surface area contributed by atoms with Crippen molar-refractivity contribution in [1.29, 1.82) is 0 Å². The van der Waals surface area contributed by atoms with E-state index in [9.17, 15) is 9.59 Å². The van der Waals surface area contributed by atoms with E-state index in [2.05, 4.69) is 13.8 Å². The van der Waals surface area contributed by atoms with Crippen LogP contribution >= 0.6 is 0 Å². The van der Waals surface area contributed by atoms with Gasteiger partial charge in [0.05, 0.1) is 6.42 Å². The molecule has 213 valence electrons. The van der Waals surface area contributed by atoms with Crippen LogP contribution in [0.3, 0.4) is 0 Å². The molecule has 0 aromatic rings. The summed E-state index contributed by atoms with van der Waals surface area (Å²) in [5, 5.41) is 0. The minimum absolute atomic E-state index is 0.128. The Labute approximate surface area is 226 Å². The molecule has 0 amide bonds. The van der Waals surface area contributed by atoms with Crippen molar-refractivity contribution in [1.82, 2.24) is 0 Å². The molecule has 3 nitrogen and oxygen atoms in total. The van der Waals surface area contributed by atoms with Crippen LogP contribution in [-0.2, 0) is 14.3 Å². The maximum atomic E-state index is 12.2. The van der Waals surface area contributed by atoms with Gasteiger partial charge in [-0.25, -0.2) is 0 Å². The van der Waals surface area contributed by atoms with Crippen LogP contribution < -0.4 is 0 Å². The topological polar surface area (TPSA) is 43.4 Å². The average Bonchev–Trinajstić information content (AvgIpc) is 2.87. The Kier molecular flexibility index (Phi) is 29.6. The fourth-order valence-corrected chi connectivity index (χ4v) is 5.04. The summed E-state index contributed by atoms with van der Waals surface area (Å²) in [6.45, 7) is 4.54. The molecule has 1 atom stereocenters. The standard InChI is InChI=1S/C33H63O3/c1-3-5-7-9-11-13-15-16-17-19-21-23-25-27-29-33(35)36-32(30-31-34)28-26-24-22-20-18-14-12-10-8-6-4-2/h32H,3-30H2,1-2H3. The number of unbranched alkanes of at least 4 members (excludes halogenated alkanes) is 23. The van der Waals surface area contributed by atoms with Gasteiger partial charge in [0.25, 0.3) is 0 Å². The average molecular weight is 508 g/mol. The van der Waals surface area contributed by atoms with Gasteiger partial charge < -0.3 is 4.74 Å². The summed E-state index contributed by atoms with van der Waals surface area (Å²) in [4.78, 5) is 23.1. The molecule has 0 fully saturated rings. The Balaban J connectivity index is 3.53. The molecule has 36 heavy (non-hydrogen) atoms. The van der Waals surface area contributed by atoms with E-state index in [4.69, 9.17) is 4.74 Å². The summed E-state index contributed by atoms with van der Waals surface area (Å²) in [5.41, 5.74) is 0. The van der Waals surface area contributed by atoms with Crippen molar-refractivity contribution in [3.63, 3.8) is 0 Å². The number of hydrogen-bond donors (Lipinski definition) is 0. The third-order valence-electron chi connectivity index (χ3n) is 7.47. The Morgan fingerprint density at radius 1 is 0.528 bits per heavy atom. The minimum atomic E-state index is -0.264. The Hall–Kier alpha value is -0.860. The smallest absolute Gasteiger partial charge is 0.306 e. The predicted octanol–water partition coefficient (Wildman–Crippen LogP) is 11.0. The van der Waals surface area contributed by atoms with Gasteiger partial charge in [-0.15, -0.1) is 0 Å². The normalized spacial score (nSPS) is 12.1. The first kappa shape index (κ1) is 35.1. The van der Waals surface area contributed by atoms with Gasteiger partial charge in [0.1, 0.15) is 6.10 Å². The molecule has 0 N–H and O–H groups in total. The molecule has 0 spiro atoms. The maximum Gasteiger partial charge on any atom is 0.306 e. The highest BCUT2D eigenvalue weighted by molar-refractivity contribution is 5.69. The molecule has 0 aliphatic carbocycles. The van der Waals surface area contributed by atoms with E-state index in [1.807, 2.05) is 6.29 Å². The second kappa shape index (κ2) is 30.4. The Morgan fingerprint density at radius 2 is 0.861 bits per heavy atom. The third-order valence-corrected chi connectivity index (χ3v) is 7.47. The lowest BCUT2D eigenvalue weighted by molar-refractivity contribution is -0.149. The first-order chi connectivity index (χ1) is 17.7. The molecular weight excluding hydrogens is 444 g/mol. The van der Waals surface area contributed by atoms with Gasteiger partial charge in [0.2, 0.25) is 6.29 Å². The van der Waals surface area contributed by atoms with Crippen LogP contribution in [0.1, 0.15) is 194 Å². The molecule has 0 aromatic heterocycles. The highest BCUT2D eigenvalue weighted by atomic mass is 16.5. The summed E-state index contributed by atoms with van der Waals surface area (Å²) in [6, 6.07) is 0. The first-order valence-electron chi connectivity index (χ1n) is 16.3. The number of carbonyl (C=O) groups excluding carboxylic acids is 2. The quantitative estimate of drug-likeness (QED) is 0.0717. The van der Waals surface area contributed by atoms with Crippen molar-refractivity contribution >= 4 is 12.3 Å². The molecule has 0 aliphatic rings. The molecule has 0 aromatic carbocycles. The van der Waals surface area contributed by atoms with Crippen LogP contribution in [0.25, 0.3) is 0 Å². The second-order valence-corrected chi connectivity index (χ2v) is 11.1. The van der Waals surface area contributed by atoms with Gasteiger partial charge in [0, 0.05) is 6.42 Å². The van der Waals surface area contributed by atoms with Crippen molar-refractivity contribution in [2.45, 2.75) is 200 Å². The number of carbonyl (C=O) groups is 1. The highest BCUT2D eigenvalue weighted by Gasteiger charge is 2.14. The molecular formula is C33H63O3. The third kappa shape index (κ3) is 27.7. The number of hydrogen-bond acceptors (Lipinski definition) is 3. The van der Waals surface area contributed by atoms with Crippen LogP contribution in [0, 0.1) is 0 Å². The maximum absolute atomic E-state index is 12.2. The fourth-order valence-electron chi connectivity index (χ4n) is 5.04. The lowest BCUT2D eigenvalue weighted by atomic mass is 10.0. The summed E-state index contributed by atoms with van der Waals surface area (Å²) in [5.74, 6) is -0.128. The van der Waals surface area contributed by atoms with Gasteiger partial charge in [-0.3, -0.25) is 9.59 Å². The van der Waals surface area contributed by atoms with E-state index in [0.717, 1.165) is 25.7 Å². The summed E-state index contributed by atoms with van der Waals surface area (Å²) >= 11 is 0. The fraction of sp³-hybridized carbons (Fsp3) is 0.939. The van der Waals surface area contributed by atoms with Crippen LogP contribution in [0.5, 0.6) is 0 Å². The van der Waals surface area contributed by atoms with Crippen molar-refractivity contribution in [3.05, 3.63) is 0 Å². The highest BCUT2D eigenvalue weighted by Crippen LogP contribution is 2.16. The monoisotopic (exact) mass is 507 g/mol. The van der Waals surface area contributed by atoms with E-state index in [1.54, 1.807) is 0 Å². The SMILES string of the molecule is CCCCCCCCCCCCCCCCC(=O)OC(C[C]=O)CCCCCCCCCCCCC. The van der Waals surface area contributed by atoms with Gasteiger partial charge in [-0.1, -0.05) is 162 Å². The zero-order valence-corrected chi connectivity index (χ0v) is 24.6. The zero-order chi connectivity index (χ0) is 26.4. The van der Waals surface area contributed by atoms with Crippen molar-refractivity contribution in [2.24, 2.45) is 0 Å². The van der Waals surface area contributed by atoms with Crippen molar-refractivity contribution < 1.29 is 14.3 Å². The molecule has 0 saturated carbocycles. The van der Waals surface area contributed by atoms with Gasteiger partial charge in [-0.05, 0) is 19.3 Å². The minimum Gasteiger partial charge on any atom is -0.462 e. The van der Waals surface area contributed by atoms with Crippen molar-refractivity contribution in [3.8, 4) is 0 Å². The van der Waals surface area contributed by atoms with E-state index < -0.39 is 0 Å². The van der Waals surface area contributed by atoms with Crippen LogP contribution in [0.2, 0.25) is 0 Å². The molecule has 0 bridgehead atoms. The summed E-state index contributed by atoms with van der Waals surface area (Å²) in [7, 11) is 0. The molecule has 1 radical (unpaired) electrons. The second-order valence-electron chi connectivity index (χ2n) is 11.1. The number of rotatable bonds is 30. The molecule has 3 heteroatoms. The van der Waals surface area contributed by atoms with Gasteiger partial charge in [-0.2, -0.15) is 0 Å². The van der Waals surface area contributed by atoms with Crippen LogP contribution in [0.4, 0.5) is 0 Å². The summed E-state index contributed by atoms with van der Waals surface area (Å²) < 4.78 is 5.59. The molecule has 0 rings (SSSR count). The molecule has 0 aliphatic heterocycles. The predicted molar refractivity (Wildman–Crippen MR) is 156 cm³/mol.